The van der Waals surface area contributed by atoms with Crippen LogP contribution in [-0.2, 0) is 6.42 Å². The standard InChI is InChI=1S/C17H25N/c1-2-6-12-7-5-8-13(11-12)17(18)16-14-9-3-4-10-15(14)16/h5,7-8,11,14-17H,2-4,6,9-10,18H2,1H3. The van der Waals surface area contributed by atoms with E-state index in [1.165, 1.54) is 49.7 Å². The molecule has 18 heavy (non-hydrogen) atoms. The Kier molecular flexibility index (Phi) is 3.43. The molecule has 3 atom stereocenters. The summed E-state index contributed by atoms with van der Waals surface area (Å²) in [4.78, 5) is 0. The SMILES string of the molecule is CCCc1cccc(C(N)C2C3CCCCC32)c1. The first-order valence-electron chi connectivity index (χ1n) is 7.65. The fraction of sp³-hybridized carbons (Fsp3) is 0.647. The number of benzene rings is 1. The Balaban J connectivity index is 1.72. The lowest BCUT2D eigenvalue weighted by molar-refractivity contribution is 0.480. The van der Waals surface area contributed by atoms with E-state index in [2.05, 4.69) is 31.2 Å². The molecule has 0 saturated heterocycles. The van der Waals surface area contributed by atoms with Gasteiger partial charge in [-0.2, -0.15) is 0 Å². The van der Waals surface area contributed by atoms with Gasteiger partial charge < -0.3 is 5.73 Å². The van der Waals surface area contributed by atoms with Crippen molar-refractivity contribution in [3.8, 4) is 0 Å². The maximum atomic E-state index is 6.53. The van der Waals surface area contributed by atoms with E-state index in [1.807, 2.05) is 0 Å². The number of rotatable bonds is 4. The molecule has 0 amide bonds. The molecule has 1 aromatic carbocycles. The van der Waals surface area contributed by atoms with Crippen molar-refractivity contribution in [2.45, 2.75) is 51.5 Å². The number of aryl methyl sites for hydroxylation is 1. The second-order valence-electron chi connectivity index (χ2n) is 6.21. The van der Waals surface area contributed by atoms with Crippen LogP contribution in [0.25, 0.3) is 0 Å². The molecule has 3 rings (SSSR count). The molecular formula is C17H25N. The summed E-state index contributed by atoms with van der Waals surface area (Å²) >= 11 is 0. The van der Waals surface area contributed by atoms with Crippen molar-refractivity contribution >= 4 is 0 Å². The van der Waals surface area contributed by atoms with Crippen molar-refractivity contribution in [1.29, 1.82) is 0 Å². The van der Waals surface area contributed by atoms with Gasteiger partial charge in [-0.05, 0) is 48.1 Å². The molecule has 0 bridgehead atoms. The number of fused-ring (bicyclic) bond motifs is 1. The van der Waals surface area contributed by atoms with Gasteiger partial charge in [-0.15, -0.1) is 0 Å². The average Bonchev–Trinajstić information content (AvgIpc) is 3.13. The van der Waals surface area contributed by atoms with Crippen LogP contribution in [0.3, 0.4) is 0 Å². The van der Waals surface area contributed by atoms with Crippen LogP contribution < -0.4 is 5.73 Å². The monoisotopic (exact) mass is 243 g/mol. The molecular weight excluding hydrogens is 218 g/mol. The van der Waals surface area contributed by atoms with Gasteiger partial charge in [-0.3, -0.25) is 0 Å². The molecule has 1 aromatic rings. The molecule has 0 radical (unpaired) electrons. The smallest absolute Gasteiger partial charge is 0.0329 e. The Morgan fingerprint density at radius 1 is 1.22 bits per heavy atom. The van der Waals surface area contributed by atoms with E-state index in [4.69, 9.17) is 5.73 Å². The average molecular weight is 243 g/mol. The lowest BCUT2D eigenvalue weighted by Gasteiger charge is -2.13. The third-order valence-corrected chi connectivity index (χ3v) is 5.01. The molecule has 2 N–H and O–H groups in total. The summed E-state index contributed by atoms with van der Waals surface area (Å²) in [5.41, 5.74) is 9.35. The Morgan fingerprint density at radius 2 is 1.94 bits per heavy atom. The second-order valence-corrected chi connectivity index (χ2v) is 6.21. The highest BCUT2D eigenvalue weighted by molar-refractivity contribution is 5.28. The van der Waals surface area contributed by atoms with Gasteiger partial charge in [0, 0.05) is 6.04 Å². The molecule has 1 nitrogen and oxygen atoms in total. The largest absolute Gasteiger partial charge is 0.324 e. The molecule has 2 aliphatic rings. The highest BCUT2D eigenvalue weighted by Gasteiger charge is 2.53. The van der Waals surface area contributed by atoms with Gasteiger partial charge in [0.25, 0.3) is 0 Å². The van der Waals surface area contributed by atoms with E-state index >= 15 is 0 Å². The van der Waals surface area contributed by atoms with Crippen LogP contribution in [0.1, 0.15) is 56.2 Å². The van der Waals surface area contributed by atoms with Gasteiger partial charge >= 0.3 is 0 Å². The van der Waals surface area contributed by atoms with Crippen LogP contribution in [0.2, 0.25) is 0 Å². The fourth-order valence-corrected chi connectivity index (χ4v) is 4.05. The van der Waals surface area contributed by atoms with Gasteiger partial charge in [0.1, 0.15) is 0 Å². The molecule has 0 heterocycles. The molecule has 0 spiro atoms. The zero-order valence-electron chi connectivity index (χ0n) is 11.4. The fourth-order valence-electron chi connectivity index (χ4n) is 4.05. The minimum absolute atomic E-state index is 0.287. The summed E-state index contributed by atoms with van der Waals surface area (Å²) < 4.78 is 0. The lowest BCUT2D eigenvalue weighted by Crippen LogP contribution is -2.14. The second kappa shape index (κ2) is 5.05. The van der Waals surface area contributed by atoms with E-state index < -0.39 is 0 Å². The van der Waals surface area contributed by atoms with Crippen molar-refractivity contribution in [3.05, 3.63) is 35.4 Å². The van der Waals surface area contributed by atoms with Crippen LogP contribution >= 0.6 is 0 Å². The van der Waals surface area contributed by atoms with Crippen molar-refractivity contribution in [1.82, 2.24) is 0 Å². The van der Waals surface area contributed by atoms with Gasteiger partial charge in [0.05, 0.1) is 0 Å². The van der Waals surface area contributed by atoms with E-state index in [9.17, 15) is 0 Å². The summed E-state index contributed by atoms with van der Waals surface area (Å²) in [6.07, 6.45) is 8.11. The van der Waals surface area contributed by atoms with Crippen molar-refractivity contribution < 1.29 is 0 Å². The quantitative estimate of drug-likeness (QED) is 0.847. The van der Waals surface area contributed by atoms with E-state index in [-0.39, 0.29) is 6.04 Å². The van der Waals surface area contributed by atoms with E-state index in [0.29, 0.717) is 0 Å². The van der Waals surface area contributed by atoms with E-state index in [1.54, 1.807) is 0 Å². The van der Waals surface area contributed by atoms with Crippen LogP contribution in [0, 0.1) is 17.8 Å². The van der Waals surface area contributed by atoms with Gasteiger partial charge in [-0.25, -0.2) is 0 Å². The molecule has 2 fully saturated rings. The Morgan fingerprint density at radius 3 is 2.61 bits per heavy atom. The number of hydrogen-bond donors (Lipinski definition) is 1. The Bertz CT molecular complexity index is 400. The third-order valence-electron chi connectivity index (χ3n) is 5.01. The highest BCUT2D eigenvalue weighted by atomic mass is 14.7. The van der Waals surface area contributed by atoms with Crippen LogP contribution in [0.15, 0.2) is 24.3 Å². The molecule has 2 aliphatic carbocycles. The number of hydrogen-bond acceptors (Lipinski definition) is 1. The first kappa shape index (κ1) is 12.2. The van der Waals surface area contributed by atoms with Crippen molar-refractivity contribution in [3.63, 3.8) is 0 Å². The van der Waals surface area contributed by atoms with E-state index in [0.717, 1.165) is 17.8 Å². The summed E-state index contributed by atoms with van der Waals surface area (Å²) in [5, 5.41) is 0. The third kappa shape index (κ3) is 2.21. The van der Waals surface area contributed by atoms with Crippen LogP contribution in [0.5, 0.6) is 0 Å². The summed E-state index contributed by atoms with van der Waals surface area (Å²) in [6, 6.07) is 9.29. The summed E-state index contributed by atoms with van der Waals surface area (Å²) in [5.74, 6) is 2.68. The number of nitrogens with two attached hydrogens (primary N) is 1. The Labute approximate surface area is 111 Å². The molecule has 98 valence electrons. The molecule has 0 aromatic heterocycles. The molecule has 2 saturated carbocycles. The highest BCUT2D eigenvalue weighted by Crippen LogP contribution is 2.59. The minimum atomic E-state index is 0.287. The van der Waals surface area contributed by atoms with Crippen molar-refractivity contribution in [2.24, 2.45) is 23.5 Å². The molecule has 1 heteroatoms. The molecule has 3 unspecified atom stereocenters. The van der Waals surface area contributed by atoms with Crippen LogP contribution in [-0.4, -0.2) is 0 Å². The minimum Gasteiger partial charge on any atom is -0.324 e. The predicted octanol–water partition coefficient (Wildman–Crippen LogP) is 4.08. The summed E-state index contributed by atoms with van der Waals surface area (Å²) in [6.45, 7) is 2.24. The Hall–Kier alpha value is -0.820. The van der Waals surface area contributed by atoms with Gasteiger partial charge in [0.2, 0.25) is 0 Å². The topological polar surface area (TPSA) is 26.0 Å². The normalized spacial score (nSPS) is 31.8. The zero-order chi connectivity index (χ0) is 12.5. The first-order valence-corrected chi connectivity index (χ1v) is 7.65. The van der Waals surface area contributed by atoms with Gasteiger partial charge in [-0.1, -0.05) is 50.5 Å². The maximum Gasteiger partial charge on any atom is 0.0329 e. The summed E-state index contributed by atoms with van der Waals surface area (Å²) in [7, 11) is 0. The predicted molar refractivity (Wildman–Crippen MR) is 76.3 cm³/mol. The first-order chi connectivity index (χ1) is 8.81. The zero-order valence-corrected chi connectivity index (χ0v) is 11.4. The van der Waals surface area contributed by atoms with Crippen molar-refractivity contribution in [2.75, 3.05) is 0 Å². The molecule has 0 aliphatic heterocycles. The van der Waals surface area contributed by atoms with Crippen LogP contribution in [0.4, 0.5) is 0 Å². The lowest BCUT2D eigenvalue weighted by atomic mass is 9.97. The van der Waals surface area contributed by atoms with Gasteiger partial charge in [0.15, 0.2) is 0 Å². The maximum absolute atomic E-state index is 6.53.